The number of aromatic nitrogens is 1. The Morgan fingerprint density at radius 1 is 1.13 bits per heavy atom. The van der Waals surface area contributed by atoms with E-state index in [1.807, 2.05) is 38.1 Å². The Balaban J connectivity index is 1.91. The topological polar surface area (TPSA) is 64.2 Å². The van der Waals surface area contributed by atoms with Gasteiger partial charge >= 0.3 is 5.76 Å². The molecule has 0 bridgehead atoms. The summed E-state index contributed by atoms with van der Waals surface area (Å²) in [4.78, 5) is 24.5. The van der Waals surface area contributed by atoms with Crippen LogP contribution in [0.4, 0.5) is 5.69 Å². The summed E-state index contributed by atoms with van der Waals surface area (Å²) < 4.78 is 6.55. The molecule has 1 amide bonds. The lowest BCUT2D eigenvalue weighted by molar-refractivity contribution is -0.118. The standard InChI is InChI=1S/C18H18N2O3/c1-11-8-9-14(10-12(11)2)19-17(21)13(3)20-15-6-4-5-7-16(15)23-18(20)22/h4-10,13H,1-3H3,(H,19,21)/t13-/m0/s1. The molecule has 0 radical (unpaired) electrons. The largest absolute Gasteiger partial charge is 0.420 e. The number of nitrogens with zero attached hydrogens (tertiary/aromatic N) is 1. The maximum absolute atomic E-state index is 12.5. The molecule has 0 aliphatic carbocycles. The van der Waals surface area contributed by atoms with Gasteiger partial charge in [0.15, 0.2) is 5.58 Å². The van der Waals surface area contributed by atoms with Gasteiger partial charge in [0.25, 0.3) is 0 Å². The van der Waals surface area contributed by atoms with Crippen LogP contribution in [0.2, 0.25) is 0 Å². The van der Waals surface area contributed by atoms with E-state index < -0.39 is 11.8 Å². The highest BCUT2D eigenvalue weighted by Crippen LogP contribution is 2.19. The van der Waals surface area contributed by atoms with Crippen molar-refractivity contribution in [2.45, 2.75) is 26.8 Å². The predicted molar refractivity (Wildman–Crippen MR) is 89.7 cm³/mol. The number of carbonyl (C=O) groups is 1. The third kappa shape index (κ3) is 2.77. The van der Waals surface area contributed by atoms with Crippen LogP contribution in [0.5, 0.6) is 0 Å². The van der Waals surface area contributed by atoms with E-state index in [1.54, 1.807) is 25.1 Å². The quantitative estimate of drug-likeness (QED) is 0.806. The molecule has 1 atom stereocenters. The van der Waals surface area contributed by atoms with E-state index in [4.69, 9.17) is 4.42 Å². The maximum Gasteiger partial charge on any atom is 0.420 e. The summed E-state index contributed by atoms with van der Waals surface area (Å²) in [5, 5.41) is 2.85. The maximum atomic E-state index is 12.5. The van der Waals surface area contributed by atoms with E-state index in [1.165, 1.54) is 4.57 Å². The van der Waals surface area contributed by atoms with E-state index in [9.17, 15) is 9.59 Å². The number of hydrogen-bond acceptors (Lipinski definition) is 3. The lowest BCUT2D eigenvalue weighted by Crippen LogP contribution is -2.29. The minimum atomic E-state index is -0.673. The molecule has 23 heavy (non-hydrogen) atoms. The van der Waals surface area contributed by atoms with Gasteiger partial charge in [-0.1, -0.05) is 18.2 Å². The average Bonchev–Trinajstić information content (AvgIpc) is 2.86. The summed E-state index contributed by atoms with van der Waals surface area (Å²) in [6, 6.07) is 12.1. The van der Waals surface area contributed by atoms with Crippen LogP contribution in [0.1, 0.15) is 24.1 Å². The summed E-state index contributed by atoms with van der Waals surface area (Å²) in [7, 11) is 0. The molecule has 1 aromatic heterocycles. The van der Waals surface area contributed by atoms with Gasteiger partial charge in [0.05, 0.1) is 5.52 Å². The minimum Gasteiger partial charge on any atom is -0.408 e. The molecule has 5 nitrogen and oxygen atoms in total. The number of aryl methyl sites for hydroxylation is 2. The van der Waals surface area contributed by atoms with Crippen molar-refractivity contribution in [2.75, 3.05) is 5.32 Å². The van der Waals surface area contributed by atoms with Gasteiger partial charge in [-0.2, -0.15) is 0 Å². The Hall–Kier alpha value is -2.82. The first kappa shape index (κ1) is 15.1. The monoisotopic (exact) mass is 310 g/mol. The lowest BCUT2D eigenvalue weighted by Gasteiger charge is -2.14. The first-order valence-electron chi connectivity index (χ1n) is 7.45. The average molecular weight is 310 g/mol. The van der Waals surface area contributed by atoms with E-state index in [2.05, 4.69) is 5.32 Å². The van der Waals surface area contributed by atoms with Gasteiger partial charge in [0.2, 0.25) is 5.91 Å². The van der Waals surface area contributed by atoms with Crippen molar-refractivity contribution in [3.63, 3.8) is 0 Å². The molecular weight excluding hydrogens is 292 g/mol. The molecule has 1 N–H and O–H groups in total. The molecule has 2 aromatic carbocycles. The molecule has 0 aliphatic rings. The van der Waals surface area contributed by atoms with E-state index in [0.717, 1.165) is 11.1 Å². The smallest absolute Gasteiger partial charge is 0.408 e. The summed E-state index contributed by atoms with van der Waals surface area (Å²) >= 11 is 0. The second-order valence-electron chi connectivity index (χ2n) is 5.67. The fourth-order valence-electron chi connectivity index (χ4n) is 2.53. The van der Waals surface area contributed by atoms with Gasteiger partial charge in [-0.05, 0) is 56.2 Å². The molecule has 1 heterocycles. The van der Waals surface area contributed by atoms with Crippen molar-refractivity contribution >= 4 is 22.7 Å². The molecule has 5 heteroatoms. The van der Waals surface area contributed by atoms with Gasteiger partial charge in [-0.15, -0.1) is 0 Å². The van der Waals surface area contributed by atoms with Crippen molar-refractivity contribution in [3.05, 3.63) is 64.1 Å². The third-order valence-electron chi connectivity index (χ3n) is 4.06. The fourth-order valence-corrected chi connectivity index (χ4v) is 2.53. The van der Waals surface area contributed by atoms with Crippen molar-refractivity contribution < 1.29 is 9.21 Å². The second kappa shape index (κ2) is 5.76. The van der Waals surface area contributed by atoms with Crippen molar-refractivity contribution in [1.29, 1.82) is 0 Å². The Kier molecular flexibility index (Phi) is 3.78. The highest BCUT2D eigenvalue weighted by Gasteiger charge is 2.21. The van der Waals surface area contributed by atoms with Crippen LogP contribution >= 0.6 is 0 Å². The van der Waals surface area contributed by atoms with Gasteiger partial charge in [-0.25, -0.2) is 4.79 Å². The normalized spacial score (nSPS) is 12.3. The highest BCUT2D eigenvalue weighted by atomic mass is 16.4. The number of nitrogens with one attached hydrogen (secondary N) is 1. The van der Waals surface area contributed by atoms with E-state index in [0.29, 0.717) is 16.8 Å². The predicted octanol–water partition coefficient (Wildman–Crippen LogP) is 3.41. The fraction of sp³-hybridized carbons (Fsp3) is 0.222. The molecule has 0 saturated heterocycles. The number of anilines is 1. The first-order chi connectivity index (χ1) is 11.0. The third-order valence-corrected chi connectivity index (χ3v) is 4.06. The highest BCUT2D eigenvalue weighted by molar-refractivity contribution is 5.94. The van der Waals surface area contributed by atoms with Crippen molar-refractivity contribution in [1.82, 2.24) is 4.57 Å². The molecule has 0 saturated carbocycles. The van der Waals surface area contributed by atoms with Gasteiger partial charge in [0.1, 0.15) is 6.04 Å². The number of fused-ring (bicyclic) bond motifs is 1. The molecular formula is C18H18N2O3. The molecule has 0 aliphatic heterocycles. The number of para-hydroxylation sites is 2. The van der Waals surface area contributed by atoms with Crippen LogP contribution in [0.25, 0.3) is 11.1 Å². The summed E-state index contributed by atoms with van der Waals surface area (Å²) in [5.74, 6) is -0.796. The Morgan fingerprint density at radius 2 is 1.87 bits per heavy atom. The Bertz CT molecular complexity index is 937. The van der Waals surface area contributed by atoms with E-state index >= 15 is 0 Å². The Labute approximate surface area is 133 Å². The van der Waals surface area contributed by atoms with Crippen LogP contribution in [0.3, 0.4) is 0 Å². The van der Waals surface area contributed by atoms with Crippen LogP contribution in [-0.2, 0) is 4.79 Å². The molecule has 3 aromatic rings. The van der Waals surface area contributed by atoms with Gasteiger partial charge in [-0.3, -0.25) is 9.36 Å². The number of amides is 1. The van der Waals surface area contributed by atoms with Crippen LogP contribution in [-0.4, -0.2) is 10.5 Å². The number of carbonyl (C=O) groups excluding carboxylic acids is 1. The molecule has 0 unspecified atom stereocenters. The summed E-state index contributed by atoms with van der Waals surface area (Å²) in [6.45, 7) is 5.68. The Morgan fingerprint density at radius 3 is 2.61 bits per heavy atom. The SMILES string of the molecule is Cc1ccc(NC(=O)[C@H](C)n2c(=O)oc3ccccc32)cc1C. The van der Waals surface area contributed by atoms with Crippen LogP contribution < -0.4 is 11.1 Å². The van der Waals surface area contributed by atoms with Gasteiger partial charge in [0, 0.05) is 5.69 Å². The number of hydrogen-bond donors (Lipinski definition) is 1. The zero-order valence-electron chi connectivity index (χ0n) is 13.3. The number of rotatable bonds is 3. The summed E-state index contributed by atoms with van der Waals surface area (Å²) in [5.41, 5.74) is 4.06. The van der Waals surface area contributed by atoms with Crippen LogP contribution in [0, 0.1) is 13.8 Å². The van der Waals surface area contributed by atoms with Gasteiger partial charge < -0.3 is 9.73 Å². The van der Waals surface area contributed by atoms with E-state index in [-0.39, 0.29) is 5.91 Å². The molecule has 0 fully saturated rings. The molecule has 118 valence electrons. The first-order valence-corrected chi connectivity index (χ1v) is 7.45. The molecule has 0 spiro atoms. The second-order valence-corrected chi connectivity index (χ2v) is 5.67. The minimum absolute atomic E-state index is 0.262. The lowest BCUT2D eigenvalue weighted by atomic mass is 10.1. The molecule has 3 rings (SSSR count). The van der Waals surface area contributed by atoms with Crippen LogP contribution in [0.15, 0.2) is 51.7 Å². The van der Waals surface area contributed by atoms with Crippen molar-refractivity contribution in [2.24, 2.45) is 0 Å². The zero-order valence-corrected chi connectivity index (χ0v) is 13.3. The van der Waals surface area contributed by atoms with Crippen molar-refractivity contribution in [3.8, 4) is 0 Å². The summed E-state index contributed by atoms with van der Waals surface area (Å²) in [6.07, 6.45) is 0. The number of oxazole rings is 1. The zero-order chi connectivity index (χ0) is 16.6. The number of benzene rings is 2.